The van der Waals surface area contributed by atoms with E-state index in [1.807, 2.05) is 0 Å². The number of hydrogen-bond donors (Lipinski definition) is 2. The average Bonchev–Trinajstić information content (AvgIpc) is 2.36. The van der Waals surface area contributed by atoms with Crippen LogP contribution in [0.4, 0.5) is 0 Å². The van der Waals surface area contributed by atoms with Crippen LogP contribution in [0.15, 0.2) is 12.3 Å². The van der Waals surface area contributed by atoms with Crippen molar-refractivity contribution in [3.05, 3.63) is 18.0 Å². The van der Waals surface area contributed by atoms with Gasteiger partial charge in [-0.25, -0.2) is 4.79 Å². The number of esters is 1. The lowest BCUT2D eigenvalue weighted by atomic mass is 10.4. The molecule has 0 aliphatic carbocycles. The summed E-state index contributed by atoms with van der Waals surface area (Å²) in [6.45, 7) is 2.01. The Bertz CT molecular complexity index is 254. The SMILES string of the molecule is CCOC(=O)c1[nH]ccc1O. The molecule has 0 spiro atoms. The van der Waals surface area contributed by atoms with E-state index in [-0.39, 0.29) is 11.4 Å². The van der Waals surface area contributed by atoms with Crippen molar-refractivity contribution < 1.29 is 14.6 Å². The molecule has 11 heavy (non-hydrogen) atoms. The molecule has 1 aromatic heterocycles. The minimum Gasteiger partial charge on any atom is -0.505 e. The number of carbonyl (C=O) groups is 1. The summed E-state index contributed by atoms with van der Waals surface area (Å²) < 4.78 is 4.64. The first kappa shape index (κ1) is 7.65. The van der Waals surface area contributed by atoms with Gasteiger partial charge in [0, 0.05) is 6.20 Å². The van der Waals surface area contributed by atoms with Crippen LogP contribution < -0.4 is 0 Å². The highest BCUT2D eigenvalue weighted by Crippen LogP contribution is 2.14. The van der Waals surface area contributed by atoms with Crippen LogP contribution in [0.1, 0.15) is 17.4 Å². The zero-order valence-electron chi connectivity index (χ0n) is 6.13. The molecule has 1 aromatic rings. The van der Waals surface area contributed by atoms with Crippen LogP contribution in [0, 0.1) is 0 Å². The van der Waals surface area contributed by atoms with Crippen molar-refractivity contribution in [2.24, 2.45) is 0 Å². The van der Waals surface area contributed by atoms with Gasteiger partial charge in [0.05, 0.1) is 6.61 Å². The van der Waals surface area contributed by atoms with Gasteiger partial charge < -0.3 is 14.8 Å². The molecule has 4 heteroatoms. The molecule has 0 amide bonds. The summed E-state index contributed by atoms with van der Waals surface area (Å²) in [6.07, 6.45) is 1.47. The summed E-state index contributed by atoms with van der Waals surface area (Å²) in [4.78, 5) is 13.5. The van der Waals surface area contributed by atoms with E-state index in [1.165, 1.54) is 12.3 Å². The van der Waals surface area contributed by atoms with Crippen molar-refractivity contribution in [3.8, 4) is 5.75 Å². The molecule has 0 radical (unpaired) electrons. The third kappa shape index (κ3) is 1.52. The second-order valence-electron chi connectivity index (χ2n) is 1.96. The highest BCUT2D eigenvalue weighted by molar-refractivity contribution is 5.90. The monoisotopic (exact) mass is 155 g/mol. The first-order valence-corrected chi connectivity index (χ1v) is 3.29. The van der Waals surface area contributed by atoms with E-state index in [9.17, 15) is 4.79 Å². The van der Waals surface area contributed by atoms with Crippen LogP contribution in [0.3, 0.4) is 0 Å². The van der Waals surface area contributed by atoms with E-state index in [1.54, 1.807) is 6.92 Å². The standard InChI is InChI=1S/C7H9NO3/c1-2-11-7(10)6-5(9)3-4-8-6/h3-4,8-9H,2H2,1H3. The Balaban J connectivity index is 2.76. The average molecular weight is 155 g/mol. The topological polar surface area (TPSA) is 62.3 Å². The number of carbonyl (C=O) groups excluding carboxylic acids is 1. The third-order valence-electron chi connectivity index (χ3n) is 1.20. The van der Waals surface area contributed by atoms with E-state index in [4.69, 9.17) is 5.11 Å². The maximum absolute atomic E-state index is 10.9. The molecule has 0 aromatic carbocycles. The quantitative estimate of drug-likeness (QED) is 0.623. The molecule has 0 saturated heterocycles. The summed E-state index contributed by atoms with van der Waals surface area (Å²) >= 11 is 0. The largest absolute Gasteiger partial charge is 0.505 e. The Morgan fingerprint density at radius 3 is 3.00 bits per heavy atom. The number of aromatic nitrogens is 1. The van der Waals surface area contributed by atoms with Crippen LogP contribution in [-0.4, -0.2) is 22.7 Å². The Morgan fingerprint density at radius 1 is 1.82 bits per heavy atom. The van der Waals surface area contributed by atoms with Crippen molar-refractivity contribution in [2.45, 2.75) is 6.92 Å². The van der Waals surface area contributed by atoms with E-state index >= 15 is 0 Å². The molecular weight excluding hydrogens is 146 g/mol. The number of ether oxygens (including phenoxy) is 1. The zero-order chi connectivity index (χ0) is 8.27. The van der Waals surface area contributed by atoms with Crippen LogP contribution in [0.2, 0.25) is 0 Å². The fraction of sp³-hybridized carbons (Fsp3) is 0.286. The van der Waals surface area contributed by atoms with Crippen molar-refractivity contribution >= 4 is 5.97 Å². The highest BCUT2D eigenvalue weighted by Gasteiger charge is 2.11. The number of hydrogen-bond acceptors (Lipinski definition) is 3. The van der Waals surface area contributed by atoms with Gasteiger partial charge in [0.2, 0.25) is 0 Å². The minimum atomic E-state index is -0.532. The molecule has 0 aliphatic heterocycles. The lowest BCUT2D eigenvalue weighted by molar-refractivity contribution is 0.0517. The fourth-order valence-electron chi connectivity index (χ4n) is 0.728. The number of H-pyrrole nitrogens is 1. The molecule has 4 nitrogen and oxygen atoms in total. The maximum Gasteiger partial charge on any atom is 0.358 e. The molecule has 0 aliphatic rings. The fourth-order valence-corrected chi connectivity index (χ4v) is 0.728. The molecule has 0 atom stereocenters. The summed E-state index contributed by atoms with van der Waals surface area (Å²) in [7, 11) is 0. The number of aromatic hydroxyl groups is 1. The molecule has 0 bridgehead atoms. The van der Waals surface area contributed by atoms with Gasteiger partial charge in [0.25, 0.3) is 0 Å². The van der Waals surface area contributed by atoms with Crippen molar-refractivity contribution in [1.29, 1.82) is 0 Å². The van der Waals surface area contributed by atoms with Gasteiger partial charge >= 0.3 is 5.97 Å². The van der Waals surface area contributed by atoms with Crippen molar-refractivity contribution in [3.63, 3.8) is 0 Å². The summed E-state index contributed by atoms with van der Waals surface area (Å²) in [5.41, 5.74) is 0.104. The van der Waals surface area contributed by atoms with Gasteiger partial charge in [0.1, 0.15) is 5.75 Å². The minimum absolute atomic E-state index is 0.0801. The third-order valence-corrected chi connectivity index (χ3v) is 1.20. The van der Waals surface area contributed by atoms with Crippen molar-refractivity contribution in [1.82, 2.24) is 4.98 Å². The predicted molar refractivity (Wildman–Crippen MR) is 38.4 cm³/mol. The Kier molecular flexibility index (Phi) is 2.15. The molecule has 1 heterocycles. The first-order valence-electron chi connectivity index (χ1n) is 3.29. The van der Waals surface area contributed by atoms with Crippen molar-refractivity contribution in [2.75, 3.05) is 6.61 Å². The van der Waals surface area contributed by atoms with Gasteiger partial charge in [-0.2, -0.15) is 0 Å². The van der Waals surface area contributed by atoms with Gasteiger partial charge in [0.15, 0.2) is 5.69 Å². The second-order valence-corrected chi connectivity index (χ2v) is 1.96. The van der Waals surface area contributed by atoms with Crippen LogP contribution in [0.25, 0.3) is 0 Å². The zero-order valence-corrected chi connectivity index (χ0v) is 6.13. The lowest BCUT2D eigenvalue weighted by Gasteiger charge is -1.98. The molecule has 60 valence electrons. The van der Waals surface area contributed by atoms with Crippen LogP contribution in [0.5, 0.6) is 5.75 Å². The number of rotatable bonds is 2. The normalized spacial score (nSPS) is 9.55. The molecule has 0 fully saturated rings. The molecule has 0 unspecified atom stereocenters. The molecule has 1 rings (SSSR count). The summed E-state index contributed by atoms with van der Waals surface area (Å²) in [5.74, 6) is -0.613. The molecule has 0 saturated carbocycles. The molecular formula is C7H9NO3. The molecule has 2 N–H and O–H groups in total. The van der Waals surface area contributed by atoms with Crippen LogP contribution in [-0.2, 0) is 4.74 Å². The Labute approximate surface area is 63.8 Å². The first-order chi connectivity index (χ1) is 5.25. The smallest absolute Gasteiger partial charge is 0.358 e. The number of nitrogens with one attached hydrogen (secondary N) is 1. The van der Waals surface area contributed by atoms with Gasteiger partial charge in [-0.1, -0.05) is 0 Å². The van der Waals surface area contributed by atoms with E-state index in [0.717, 1.165) is 0 Å². The number of aromatic amines is 1. The second kappa shape index (κ2) is 3.09. The lowest BCUT2D eigenvalue weighted by Crippen LogP contribution is -2.04. The Morgan fingerprint density at radius 2 is 2.55 bits per heavy atom. The van der Waals surface area contributed by atoms with Gasteiger partial charge in [-0.15, -0.1) is 0 Å². The van der Waals surface area contributed by atoms with E-state index < -0.39 is 5.97 Å². The predicted octanol–water partition coefficient (Wildman–Crippen LogP) is 0.897. The summed E-state index contributed by atoms with van der Waals surface area (Å²) in [5, 5.41) is 9.02. The maximum atomic E-state index is 10.9. The Hall–Kier alpha value is -1.45. The van der Waals surface area contributed by atoms with Gasteiger partial charge in [-0.05, 0) is 13.0 Å². The van der Waals surface area contributed by atoms with Crippen LogP contribution >= 0.6 is 0 Å². The van der Waals surface area contributed by atoms with E-state index in [2.05, 4.69) is 9.72 Å². The van der Waals surface area contributed by atoms with E-state index in [0.29, 0.717) is 6.61 Å². The van der Waals surface area contributed by atoms with Gasteiger partial charge in [-0.3, -0.25) is 0 Å². The highest BCUT2D eigenvalue weighted by atomic mass is 16.5. The summed E-state index contributed by atoms with van der Waals surface area (Å²) in [6, 6.07) is 1.40.